The number of carbonyl (C=O) groups excluding carboxylic acids is 2. The molecule has 2 amide bonds. The zero-order valence-electron chi connectivity index (χ0n) is 13.0. The van der Waals surface area contributed by atoms with Crippen LogP contribution < -0.4 is 0 Å². The van der Waals surface area contributed by atoms with Gasteiger partial charge in [-0.1, -0.05) is 12.8 Å². The van der Waals surface area contributed by atoms with Crippen LogP contribution in [0.2, 0.25) is 0 Å². The number of amides is 2. The highest BCUT2D eigenvalue weighted by molar-refractivity contribution is 5.84. The van der Waals surface area contributed by atoms with Crippen LogP contribution in [-0.4, -0.2) is 52.6 Å². The Morgan fingerprint density at radius 3 is 2.40 bits per heavy atom. The van der Waals surface area contributed by atoms with E-state index in [4.69, 9.17) is 4.74 Å². The lowest BCUT2D eigenvalue weighted by atomic mass is 10.1. The van der Waals surface area contributed by atoms with Gasteiger partial charge in [0.25, 0.3) is 0 Å². The Labute approximate surface area is 121 Å². The minimum absolute atomic E-state index is 0.0168. The van der Waals surface area contributed by atoms with E-state index in [0.29, 0.717) is 12.6 Å². The van der Waals surface area contributed by atoms with Crippen molar-refractivity contribution in [1.82, 2.24) is 9.80 Å². The molecule has 114 valence electrons. The number of hydrogen-bond donors (Lipinski definition) is 0. The van der Waals surface area contributed by atoms with Crippen molar-refractivity contribution in [1.29, 1.82) is 0 Å². The summed E-state index contributed by atoms with van der Waals surface area (Å²) in [6.45, 7) is 8.28. The highest BCUT2D eigenvalue weighted by atomic mass is 16.6. The first-order chi connectivity index (χ1) is 9.28. The fourth-order valence-electron chi connectivity index (χ4n) is 3.01. The lowest BCUT2D eigenvalue weighted by Crippen LogP contribution is -2.59. The zero-order chi connectivity index (χ0) is 14.9. The molecule has 1 aliphatic heterocycles. The number of nitrogens with zero attached hydrogens (tertiary/aromatic N) is 2. The van der Waals surface area contributed by atoms with Gasteiger partial charge in [0.1, 0.15) is 12.1 Å². The first-order valence-electron chi connectivity index (χ1n) is 7.57. The Balaban J connectivity index is 1.98. The summed E-state index contributed by atoms with van der Waals surface area (Å²) < 4.78 is 5.37. The first-order valence-corrected chi connectivity index (χ1v) is 7.57. The maximum atomic E-state index is 12.3. The van der Waals surface area contributed by atoms with E-state index in [9.17, 15) is 9.59 Å². The van der Waals surface area contributed by atoms with Gasteiger partial charge in [0.05, 0.1) is 6.04 Å². The molecule has 2 rings (SSSR count). The molecular formula is C15H26N2O3. The summed E-state index contributed by atoms with van der Waals surface area (Å²) in [7, 11) is 0. The Morgan fingerprint density at radius 2 is 1.85 bits per heavy atom. The summed E-state index contributed by atoms with van der Waals surface area (Å²) in [6, 6.07) is 0.397. The van der Waals surface area contributed by atoms with Crippen LogP contribution in [0, 0.1) is 0 Å². The van der Waals surface area contributed by atoms with Gasteiger partial charge >= 0.3 is 6.09 Å². The normalized spacial score (nSPS) is 25.2. The van der Waals surface area contributed by atoms with Crippen LogP contribution >= 0.6 is 0 Å². The van der Waals surface area contributed by atoms with E-state index in [1.165, 1.54) is 12.8 Å². The van der Waals surface area contributed by atoms with Crippen LogP contribution in [0.15, 0.2) is 0 Å². The van der Waals surface area contributed by atoms with Crippen molar-refractivity contribution in [3.8, 4) is 0 Å². The fourth-order valence-corrected chi connectivity index (χ4v) is 3.01. The predicted octanol–water partition coefficient (Wildman–Crippen LogP) is 2.40. The minimum Gasteiger partial charge on any atom is -0.444 e. The zero-order valence-corrected chi connectivity index (χ0v) is 13.0. The molecule has 0 N–H and O–H groups in total. The van der Waals surface area contributed by atoms with E-state index in [1.54, 1.807) is 4.90 Å². The van der Waals surface area contributed by atoms with Gasteiger partial charge in [0.15, 0.2) is 0 Å². The van der Waals surface area contributed by atoms with Gasteiger partial charge in [-0.2, -0.15) is 0 Å². The van der Waals surface area contributed by atoms with E-state index in [0.717, 1.165) is 12.8 Å². The van der Waals surface area contributed by atoms with Crippen molar-refractivity contribution >= 4 is 12.0 Å². The van der Waals surface area contributed by atoms with Gasteiger partial charge in [0, 0.05) is 12.6 Å². The lowest BCUT2D eigenvalue weighted by Gasteiger charge is -2.42. The summed E-state index contributed by atoms with van der Waals surface area (Å²) in [5, 5.41) is 0. The number of carbonyl (C=O) groups is 2. The monoisotopic (exact) mass is 282 g/mol. The molecule has 0 unspecified atom stereocenters. The van der Waals surface area contributed by atoms with Crippen molar-refractivity contribution < 1.29 is 14.3 Å². The van der Waals surface area contributed by atoms with Crippen molar-refractivity contribution in [3.05, 3.63) is 0 Å². The number of rotatable bonds is 1. The molecule has 1 atom stereocenters. The predicted molar refractivity (Wildman–Crippen MR) is 76.4 cm³/mol. The van der Waals surface area contributed by atoms with Crippen molar-refractivity contribution in [2.45, 2.75) is 71.1 Å². The average molecular weight is 282 g/mol. The summed E-state index contributed by atoms with van der Waals surface area (Å²) >= 11 is 0. The third kappa shape index (κ3) is 3.44. The second-order valence-electron chi connectivity index (χ2n) is 6.94. The molecule has 1 saturated heterocycles. The molecule has 0 bridgehead atoms. The molecule has 0 aromatic rings. The minimum atomic E-state index is -0.525. The van der Waals surface area contributed by atoms with Crippen LogP contribution in [0.4, 0.5) is 4.79 Å². The van der Waals surface area contributed by atoms with Crippen molar-refractivity contribution in [3.63, 3.8) is 0 Å². The van der Waals surface area contributed by atoms with Gasteiger partial charge in [-0.3, -0.25) is 9.69 Å². The molecule has 5 heteroatoms. The van der Waals surface area contributed by atoms with E-state index in [2.05, 4.69) is 0 Å². The summed E-state index contributed by atoms with van der Waals surface area (Å²) in [5.74, 6) is 0.0564. The van der Waals surface area contributed by atoms with Crippen molar-refractivity contribution in [2.75, 3.05) is 13.1 Å². The summed E-state index contributed by atoms with van der Waals surface area (Å²) in [5.41, 5.74) is -0.525. The summed E-state index contributed by atoms with van der Waals surface area (Å²) in [6.07, 6.45) is 4.23. The maximum Gasteiger partial charge on any atom is 0.411 e. The van der Waals surface area contributed by atoms with Crippen molar-refractivity contribution in [2.24, 2.45) is 0 Å². The third-order valence-corrected chi connectivity index (χ3v) is 4.01. The van der Waals surface area contributed by atoms with E-state index < -0.39 is 5.60 Å². The number of hydrogen-bond acceptors (Lipinski definition) is 3. The molecule has 20 heavy (non-hydrogen) atoms. The molecule has 0 spiro atoms. The van der Waals surface area contributed by atoms with Crippen LogP contribution in [0.5, 0.6) is 0 Å². The van der Waals surface area contributed by atoms with E-state index in [1.807, 2.05) is 32.6 Å². The SMILES string of the molecule is C[C@@H]1CN(C2CCCC2)C(=O)CN1C(=O)OC(C)(C)C. The quantitative estimate of drug-likeness (QED) is 0.742. The molecule has 1 aliphatic carbocycles. The highest BCUT2D eigenvalue weighted by Crippen LogP contribution is 2.26. The molecule has 0 radical (unpaired) electrons. The van der Waals surface area contributed by atoms with Gasteiger partial charge in [-0.15, -0.1) is 0 Å². The molecule has 2 aliphatic rings. The van der Waals surface area contributed by atoms with E-state index in [-0.39, 0.29) is 24.6 Å². The standard InChI is InChI=1S/C15H26N2O3/c1-11-9-17(12-7-5-6-8-12)13(18)10-16(11)14(19)20-15(2,3)4/h11-12H,5-10H2,1-4H3/t11-/m1/s1. The maximum absolute atomic E-state index is 12.3. The third-order valence-electron chi connectivity index (χ3n) is 4.01. The smallest absolute Gasteiger partial charge is 0.411 e. The molecule has 2 fully saturated rings. The Kier molecular flexibility index (Phi) is 4.25. The van der Waals surface area contributed by atoms with Gasteiger partial charge in [0.2, 0.25) is 5.91 Å². The van der Waals surface area contributed by atoms with Gasteiger partial charge in [-0.25, -0.2) is 4.79 Å². The topological polar surface area (TPSA) is 49.9 Å². The Hall–Kier alpha value is -1.26. The molecule has 1 saturated carbocycles. The second-order valence-corrected chi connectivity index (χ2v) is 6.94. The molecule has 5 nitrogen and oxygen atoms in total. The van der Waals surface area contributed by atoms with Crippen LogP contribution in [0.3, 0.4) is 0 Å². The highest BCUT2D eigenvalue weighted by Gasteiger charge is 2.38. The van der Waals surface area contributed by atoms with Gasteiger partial charge in [-0.05, 0) is 40.5 Å². The average Bonchev–Trinajstić information content (AvgIpc) is 2.82. The fraction of sp³-hybridized carbons (Fsp3) is 0.867. The first kappa shape index (κ1) is 15.1. The Bertz CT molecular complexity index is 383. The van der Waals surface area contributed by atoms with Crippen LogP contribution in [0.25, 0.3) is 0 Å². The number of ether oxygens (including phenoxy) is 1. The lowest BCUT2D eigenvalue weighted by molar-refractivity contribution is -0.140. The second kappa shape index (κ2) is 5.62. The van der Waals surface area contributed by atoms with Gasteiger partial charge < -0.3 is 9.64 Å². The summed E-state index contributed by atoms with van der Waals surface area (Å²) in [4.78, 5) is 27.9. The molecule has 1 heterocycles. The Morgan fingerprint density at radius 1 is 1.25 bits per heavy atom. The van der Waals surface area contributed by atoms with Crippen LogP contribution in [-0.2, 0) is 9.53 Å². The largest absolute Gasteiger partial charge is 0.444 e. The van der Waals surface area contributed by atoms with E-state index >= 15 is 0 Å². The molecule has 0 aromatic carbocycles. The molecule has 0 aromatic heterocycles. The van der Waals surface area contributed by atoms with Crippen LogP contribution in [0.1, 0.15) is 53.4 Å². The molecular weight excluding hydrogens is 256 g/mol. The number of piperazine rings is 1.